The first-order chi connectivity index (χ1) is 9.58. The summed E-state index contributed by atoms with van der Waals surface area (Å²) in [4.78, 5) is 11.7. The minimum absolute atomic E-state index is 0.0244. The van der Waals surface area contributed by atoms with E-state index >= 15 is 0 Å². The zero-order valence-corrected chi connectivity index (χ0v) is 11.8. The van der Waals surface area contributed by atoms with E-state index in [-0.39, 0.29) is 36.2 Å². The number of aliphatic hydroxyl groups excluding tert-OH is 1. The van der Waals surface area contributed by atoms with Crippen molar-refractivity contribution < 1.29 is 14.3 Å². The number of halogens is 2. The fourth-order valence-electron chi connectivity index (χ4n) is 2.34. The quantitative estimate of drug-likeness (QED) is 0.774. The average molecular weight is 301 g/mol. The lowest BCUT2D eigenvalue weighted by Gasteiger charge is -2.16. The Morgan fingerprint density at radius 2 is 2.25 bits per heavy atom. The van der Waals surface area contributed by atoms with Gasteiger partial charge >= 0.3 is 0 Å². The molecular formula is C14H18ClFN2O2. The van der Waals surface area contributed by atoms with Crippen LogP contribution in [0.25, 0.3) is 0 Å². The van der Waals surface area contributed by atoms with Gasteiger partial charge in [-0.2, -0.15) is 0 Å². The first-order valence-corrected chi connectivity index (χ1v) is 7.06. The molecule has 1 fully saturated rings. The maximum Gasteiger partial charge on any atom is 0.234 e. The molecule has 0 heterocycles. The summed E-state index contributed by atoms with van der Waals surface area (Å²) in [6, 6.07) is 4.66. The second kappa shape index (κ2) is 7.02. The summed E-state index contributed by atoms with van der Waals surface area (Å²) in [5, 5.41) is 15.3. The molecule has 3 N–H and O–H groups in total. The van der Waals surface area contributed by atoms with E-state index in [9.17, 15) is 14.3 Å². The molecule has 0 unspecified atom stereocenters. The van der Waals surface area contributed by atoms with Crippen molar-refractivity contribution in [3.05, 3.63) is 34.6 Å². The first-order valence-electron chi connectivity index (χ1n) is 6.69. The molecule has 1 amide bonds. The van der Waals surface area contributed by atoms with Crippen molar-refractivity contribution in [1.29, 1.82) is 0 Å². The third kappa shape index (κ3) is 3.91. The Morgan fingerprint density at radius 1 is 1.45 bits per heavy atom. The fraction of sp³-hybridized carbons (Fsp3) is 0.500. The molecule has 6 heteroatoms. The second-order valence-corrected chi connectivity index (χ2v) is 5.38. The third-order valence-electron chi connectivity index (χ3n) is 3.51. The molecule has 2 rings (SSSR count). The lowest BCUT2D eigenvalue weighted by molar-refractivity contribution is -0.120. The zero-order valence-electron chi connectivity index (χ0n) is 11.0. The molecule has 4 nitrogen and oxygen atoms in total. The Hall–Kier alpha value is -1.17. The lowest BCUT2D eigenvalue weighted by atomic mass is 10.2. The maximum atomic E-state index is 13.6. The van der Waals surface area contributed by atoms with Crippen molar-refractivity contribution in [2.45, 2.75) is 38.0 Å². The molecule has 0 radical (unpaired) electrons. The summed E-state index contributed by atoms with van der Waals surface area (Å²) in [6.45, 7) is 0.212. The van der Waals surface area contributed by atoms with Gasteiger partial charge in [-0.3, -0.25) is 4.79 Å². The van der Waals surface area contributed by atoms with E-state index in [2.05, 4.69) is 10.6 Å². The number of nitrogens with one attached hydrogen (secondary N) is 2. The first kappa shape index (κ1) is 15.2. The molecule has 0 bridgehead atoms. The lowest BCUT2D eigenvalue weighted by Crippen LogP contribution is -2.42. The van der Waals surface area contributed by atoms with Crippen LogP contribution in [0.4, 0.5) is 4.39 Å². The van der Waals surface area contributed by atoms with Crippen LogP contribution < -0.4 is 10.6 Å². The number of hydrogen-bond donors (Lipinski definition) is 3. The highest BCUT2D eigenvalue weighted by molar-refractivity contribution is 6.30. The number of carbonyl (C=O) groups is 1. The molecule has 20 heavy (non-hydrogen) atoms. The molecule has 1 aromatic carbocycles. The smallest absolute Gasteiger partial charge is 0.234 e. The van der Waals surface area contributed by atoms with Gasteiger partial charge in [0.15, 0.2) is 0 Å². The van der Waals surface area contributed by atoms with Crippen LogP contribution in [0.1, 0.15) is 24.8 Å². The highest BCUT2D eigenvalue weighted by Gasteiger charge is 2.24. The SMILES string of the molecule is O=C(CN[C@@H]1CCC[C@H]1O)NCc1cccc(Cl)c1F. The number of aliphatic hydroxyl groups is 1. The van der Waals surface area contributed by atoms with E-state index in [1.165, 1.54) is 6.07 Å². The standard InChI is InChI=1S/C14H18ClFN2O2/c15-10-4-1-3-9(14(10)16)7-18-13(20)8-17-11-5-2-6-12(11)19/h1,3-4,11-12,17,19H,2,5-8H2,(H,18,20)/t11-,12-/m1/s1. The van der Waals surface area contributed by atoms with E-state index in [1.807, 2.05) is 0 Å². The van der Waals surface area contributed by atoms with E-state index in [4.69, 9.17) is 11.6 Å². The molecule has 1 aliphatic carbocycles. The summed E-state index contributed by atoms with van der Waals surface area (Å²) >= 11 is 5.66. The maximum absolute atomic E-state index is 13.6. The molecule has 0 saturated heterocycles. The van der Waals surface area contributed by atoms with Crippen molar-refractivity contribution in [2.75, 3.05) is 6.54 Å². The van der Waals surface area contributed by atoms with Crippen LogP contribution in [0.3, 0.4) is 0 Å². The molecule has 0 aromatic heterocycles. The third-order valence-corrected chi connectivity index (χ3v) is 3.80. The van der Waals surface area contributed by atoms with Crippen LogP contribution in [-0.2, 0) is 11.3 Å². The molecule has 110 valence electrons. The van der Waals surface area contributed by atoms with Crippen molar-refractivity contribution in [1.82, 2.24) is 10.6 Å². The van der Waals surface area contributed by atoms with E-state index in [0.717, 1.165) is 19.3 Å². The van der Waals surface area contributed by atoms with Crippen molar-refractivity contribution in [3.63, 3.8) is 0 Å². The van der Waals surface area contributed by atoms with Gasteiger partial charge in [0.05, 0.1) is 17.7 Å². The minimum Gasteiger partial charge on any atom is -0.392 e. The zero-order chi connectivity index (χ0) is 14.5. The van der Waals surface area contributed by atoms with Gasteiger partial charge in [0.25, 0.3) is 0 Å². The monoisotopic (exact) mass is 300 g/mol. The van der Waals surface area contributed by atoms with Gasteiger partial charge < -0.3 is 15.7 Å². The Bertz CT molecular complexity index is 484. The predicted molar refractivity (Wildman–Crippen MR) is 74.9 cm³/mol. The van der Waals surface area contributed by atoms with Gasteiger partial charge in [-0.15, -0.1) is 0 Å². The molecule has 1 saturated carbocycles. The molecule has 1 aromatic rings. The van der Waals surface area contributed by atoms with E-state index in [1.54, 1.807) is 12.1 Å². The molecule has 0 spiro atoms. The Kier molecular flexibility index (Phi) is 5.34. The summed E-state index contributed by atoms with van der Waals surface area (Å²) in [6.07, 6.45) is 2.23. The summed E-state index contributed by atoms with van der Waals surface area (Å²) in [7, 11) is 0. The van der Waals surface area contributed by atoms with Crippen molar-refractivity contribution >= 4 is 17.5 Å². The number of carbonyl (C=O) groups excluding carboxylic acids is 1. The van der Waals surface area contributed by atoms with Crippen LogP contribution >= 0.6 is 11.6 Å². The molecule has 1 aliphatic rings. The van der Waals surface area contributed by atoms with Crippen LogP contribution in [0.5, 0.6) is 0 Å². The highest BCUT2D eigenvalue weighted by Crippen LogP contribution is 2.19. The van der Waals surface area contributed by atoms with Gasteiger partial charge in [0.2, 0.25) is 5.91 Å². The normalized spacial score (nSPS) is 21.9. The van der Waals surface area contributed by atoms with Gasteiger partial charge in [-0.25, -0.2) is 4.39 Å². The number of rotatable bonds is 5. The predicted octanol–water partition coefficient (Wildman–Crippen LogP) is 1.60. The van der Waals surface area contributed by atoms with Gasteiger partial charge in [0, 0.05) is 18.2 Å². The van der Waals surface area contributed by atoms with Crippen LogP contribution in [0.15, 0.2) is 18.2 Å². The van der Waals surface area contributed by atoms with Crippen LogP contribution in [0.2, 0.25) is 5.02 Å². The summed E-state index contributed by atoms with van der Waals surface area (Å²) in [5.74, 6) is -0.739. The second-order valence-electron chi connectivity index (χ2n) is 4.98. The van der Waals surface area contributed by atoms with Crippen LogP contribution in [-0.4, -0.2) is 29.7 Å². The van der Waals surface area contributed by atoms with Gasteiger partial charge in [-0.05, 0) is 25.3 Å². The van der Waals surface area contributed by atoms with E-state index in [0.29, 0.717) is 5.56 Å². The van der Waals surface area contributed by atoms with Crippen LogP contribution in [0, 0.1) is 5.82 Å². The molecule has 2 atom stereocenters. The summed E-state index contributed by atoms with van der Waals surface area (Å²) < 4.78 is 13.6. The topological polar surface area (TPSA) is 61.4 Å². The number of benzene rings is 1. The minimum atomic E-state index is -0.506. The number of amides is 1. The van der Waals surface area contributed by atoms with Gasteiger partial charge in [0.1, 0.15) is 5.82 Å². The Labute approximate surface area is 122 Å². The molecular weight excluding hydrogens is 283 g/mol. The highest BCUT2D eigenvalue weighted by atomic mass is 35.5. The van der Waals surface area contributed by atoms with Gasteiger partial charge in [-0.1, -0.05) is 23.7 Å². The fourth-order valence-corrected chi connectivity index (χ4v) is 2.54. The summed E-state index contributed by atoms with van der Waals surface area (Å²) in [5.41, 5.74) is 0.353. The Balaban J connectivity index is 1.76. The van der Waals surface area contributed by atoms with E-state index < -0.39 is 5.82 Å². The number of hydrogen-bond acceptors (Lipinski definition) is 3. The average Bonchev–Trinajstić information content (AvgIpc) is 2.83. The molecule has 0 aliphatic heterocycles. The largest absolute Gasteiger partial charge is 0.392 e. The Morgan fingerprint density at radius 3 is 2.95 bits per heavy atom. The van der Waals surface area contributed by atoms with Crippen molar-refractivity contribution in [2.24, 2.45) is 0 Å². The van der Waals surface area contributed by atoms with Crippen molar-refractivity contribution in [3.8, 4) is 0 Å².